The van der Waals surface area contributed by atoms with E-state index in [0.29, 0.717) is 5.92 Å². The molecule has 0 bridgehead atoms. The summed E-state index contributed by atoms with van der Waals surface area (Å²) < 4.78 is 0. The van der Waals surface area contributed by atoms with Crippen LogP contribution in [0.2, 0.25) is 0 Å². The van der Waals surface area contributed by atoms with Gasteiger partial charge in [-0.05, 0) is 66.9 Å². The van der Waals surface area contributed by atoms with E-state index in [1.807, 2.05) is 0 Å². The topological polar surface area (TPSA) is 20.2 Å². The Labute approximate surface area is 117 Å². The Morgan fingerprint density at radius 1 is 1.05 bits per heavy atom. The van der Waals surface area contributed by atoms with Crippen molar-refractivity contribution >= 4 is 0 Å². The van der Waals surface area contributed by atoms with Gasteiger partial charge in [0.05, 0.1) is 6.10 Å². The van der Waals surface area contributed by atoms with Crippen LogP contribution in [0.1, 0.15) is 69.1 Å². The van der Waals surface area contributed by atoms with E-state index in [1.165, 1.54) is 37.7 Å². The Balaban J connectivity index is 1.75. The minimum atomic E-state index is -0.260. The molecule has 3 unspecified atom stereocenters. The molecule has 1 nitrogen and oxygen atoms in total. The van der Waals surface area contributed by atoms with Crippen LogP contribution in [-0.2, 0) is 0 Å². The van der Waals surface area contributed by atoms with E-state index in [1.54, 1.807) is 0 Å². The van der Waals surface area contributed by atoms with Crippen LogP contribution in [0, 0.1) is 17.8 Å². The standard InChI is InChI=1S/C18H26O/c1-12-8-13(2)10-17(9-12)18(19)16-5-3-4-15(11-16)14-6-7-14/h3-5,11-14,17-19H,6-10H2,1-2H3. The van der Waals surface area contributed by atoms with E-state index in [4.69, 9.17) is 0 Å². The molecule has 1 aromatic carbocycles. The van der Waals surface area contributed by atoms with Gasteiger partial charge >= 0.3 is 0 Å². The number of aliphatic hydroxyl groups excluding tert-OH is 1. The first-order chi connectivity index (χ1) is 9.13. The van der Waals surface area contributed by atoms with Gasteiger partial charge in [-0.25, -0.2) is 0 Å². The van der Waals surface area contributed by atoms with Crippen molar-refractivity contribution in [2.24, 2.45) is 17.8 Å². The van der Waals surface area contributed by atoms with Crippen molar-refractivity contribution < 1.29 is 5.11 Å². The van der Waals surface area contributed by atoms with Crippen LogP contribution in [0.4, 0.5) is 0 Å². The van der Waals surface area contributed by atoms with Crippen LogP contribution < -0.4 is 0 Å². The highest BCUT2D eigenvalue weighted by atomic mass is 16.3. The molecule has 3 rings (SSSR count). The van der Waals surface area contributed by atoms with E-state index in [-0.39, 0.29) is 6.10 Å². The van der Waals surface area contributed by atoms with Gasteiger partial charge in [-0.1, -0.05) is 38.1 Å². The molecule has 2 saturated carbocycles. The quantitative estimate of drug-likeness (QED) is 0.835. The second-order valence-corrected chi connectivity index (χ2v) is 7.07. The summed E-state index contributed by atoms with van der Waals surface area (Å²) in [5.41, 5.74) is 2.59. The van der Waals surface area contributed by atoms with Crippen molar-refractivity contribution in [1.29, 1.82) is 0 Å². The zero-order valence-electron chi connectivity index (χ0n) is 12.2. The van der Waals surface area contributed by atoms with Crippen LogP contribution in [0.3, 0.4) is 0 Å². The molecule has 0 heterocycles. The summed E-state index contributed by atoms with van der Waals surface area (Å²) in [5, 5.41) is 10.7. The first-order valence-electron chi connectivity index (χ1n) is 7.91. The fourth-order valence-corrected chi connectivity index (χ4v) is 3.95. The minimum absolute atomic E-state index is 0.260. The predicted molar refractivity (Wildman–Crippen MR) is 79.0 cm³/mol. The average Bonchev–Trinajstić information content (AvgIpc) is 3.21. The van der Waals surface area contributed by atoms with Crippen molar-refractivity contribution in [1.82, 2.24) is 0 Å². The van der Waals surface area contributed by atoms with Crippen LogP contribution in [-0.4, -0.2) is 5.11 Å². The van der Waals surface area contributed by atoms with E-state index >= 15 is 0 Å². The van der Waals surface area contributed by atoms with Gasteiger partial charge in [-0.15, -0.1) is 0 Å². The molecule has 19 heavy (non-hydrogen) atoms. The molecule has 0 aliphatic heterocycles. The summed E-state index contributed by atoms with van der Waals surface area (Å²) in [7, 11) is 0. The monoisotopic (exact) mass is 258 g/mol. The lowest BCUT2D eigenvalue weighted by Gasteiger charge is -2.34. The van der Waals surface area contributed by atoms with Crippen molar-refractivity contribution in [3.8, 4) is 0 Å². The number of benzene rings is 1. The average molecular weight is 258 g/mol. The van der Waals surface area contributed by atoms with Crippen molar-refractivity contribution in [3.63, 3.8) is 0 Å². The van der Waals surface area contributed by atoms with Crippen LogP contribution in [0.15, 0.2) is 24.3 Å². The summed E-state index contributed by atoms with van der Waals surface area (Å²) in [6.07, 6.45) is 6.08. The maximum atomic E-state index is 10.7. The molecule has 0 amide bonds. The van der Waals surface area contributed by atoms with Crippen LogP contribution in [0.5, 0.6) is 0 Å². The molecule has 1 N–H and O–H groups in total. The van der Waals surface area contributed by atoms with Crippen LogP contribution in [0.25, 0.3) is 0 Å². The van der Waals surface area contributed by atoms with Gasteiger partial charge in [0.15, 0.2) is 0 Å². The molecule has 1 heteroatoms. The molecule has 2 fully saturated rings. The molecule has 2 aliphatic carbocycles. The summed E-state index contributed by atoms with van der Waals surface area (Å²) in [6.45, 7) is 4.66. The van der Waals surface area contributed by atoms with E-state index < -0.39 is 0 Å². The summed E-state index contributed by atoms with van der Waals surface area (Å²) in [6, 6.07) is 8.72. The van der Waals surface area contributed by atoms with Crippen molar-refractivity contribution in [2.45, 2.75) is 58.0 Å². The van der Waals surface area contributed by atoms with Gasteiger partial charge in [-0.2, -0.15) is 0 Å². The SMILES string of the molecule is CC1CC(C)CC(C(O)c2cccc(C3CC3)c2)C1. The second kappa shape index (κ2) is 5.28. The third-order valence-electron chi connectivity index (χ3n) is 4.96. The van der Waals surface area contributed by atoms with Crippen molar-refractivity contribution in [2.75, 3.05) is 0 Å². The molecule has 0 radical (unpaired) electrons. The maximum Gasteiger partial charge on any atom is 0.0818 e. The zero-order valence-corrected chi connectivity index (χ0v) is 12.2. The first-order valence-corrected chi connectivity index (χ1v) is 7.91. The van der Waals surface area contributed by atoms with Crippen molar-refractivity contribution in [3.05, 3.63) is 35.4 Å². The second-order valence-electron chi connectivity index (χ2n) is 7.07. The lowest BCUT2D eigenvalue weighted by Crippen LogP contribution is -2.24. The highest BCUT2D eigenvalue weighted by Gasteiger charge is 2.30. The highest BCUT2D eigenvalue weighted by Crippen LogP contribution is 2.43. The largest absolute Gasteiger partial charge is 0.388 e. The predicted octanol–water partition coefficient (Wildman–Crippen LogP) is 4.67. The number of aliphatic hydroxyl groups is 1. The molecule has 104 valence electrons. The van der Waals surface area contributed by atoms with Gasteiger partial charge in [0, 0.05) is 0 Å². The summed E-state index contributed by atoms with van der Waals surface area (Å²) in [4.78, 5) is 0. The van der Waals surface area contributed by atoms with Gasteiger partial charge in [0.25, 0.3) is 0 Å². The van der Waals surface area contributed by atoms with E-state index in [2.05, 4.69) is 38.1 Å². The maximum absolute atomic E-state index is 10.7. The lowest BCUT2D eigenvalue weighted by molar-refractivity contribution is 0.0551. The normalized spacial score (nSPS) is 33.1. The fourth-order valence-electron chi connectivity index (χ4n) is 3.95. The molecule has 3 atom stereocenters. The molecule has 0 aromatic heterocycles. The Hall–Kier alpha value is -0.820. The minimum Gasteiger partial charge on any atom is -0.388 e. The Kier molecular flexibility index (Phi) is 3.66. The van der Waals surface area contributed by atoms with Gasteiger partial charge < -0.3 is 5.11 Å². The summed E-state index contributed by atoms with van der Waals surface area (Å²) in [5.74, 6) is 2.74. The molecule has 0 saturated heterocycles. The van der Waals surface area contributed by atoms with Gasteiger partial charge in [-0.3, -0.25) is 0 Å². The van der Waals surface area contributed by atoms with E-state index in [9.17, 15) is 5.11 Å². The number of rotatable bonds is 3. The molecule has 0 spiro atoms. The lowest BCUT2D eigenvalue weighted by atomic mass is 9.73. The molecular formula is C18H26O. The Morgan fingerprint density at radius 2 is 1.74 bits per heavy atom. The molecule has 1 aromatic rings. The van der Waals surface area contributed by atoms with Gasteiger partial charge in [0.2, 0.25) is 0 Å². The summed E-state index contributed by atoms with van der Waals surface area (Å²) >= 11 is 0. The Bertz CT molecular complexity index is 425. The van der Waals surface area contributed by atoms with Gasteiger partial charge in [0.1, 0.15) is 0 Å². The molecule has 2 aliphatic rings. The fraction of sp³-hybridized carbons (Fsp3) is 0.667. The zero-order chi connectivity index (χ0) is 13.4. The number of hydrogen-bond donors (Lipinski definition) is 1. The first kappa shape index (κ1) is 13.2. The number of hydrogen-bond acceptors (Lipinski definition) is 1. The third-order valence-corrected chi connectivity index (χ3v) is 4.96. The smallest absolute Gasteiger partial charge is 0.0818 e. The van der Waals surface area contributed by atoms with Crippen LogP contribution >= 0.6 is 0 Å². The van der Waals surface area contributed by atoms with E-state index in [0.717, 1.165) is 23.3 Å². The third kappa shape index (κ3) is 3.02. The highest BCUT2D eigenvalue weighted by molar-refractivity contribution is 5.30. The Morgan fingerprint density at radius 3 is 2.37 bits per heavy atom. The molecular weight excluding hydrogens is 232 g/mol.